The van der Waals surface area contributed by atoms with Gasteiger partial charge < -0.3 is 10.4 Å². The van der Waals surface area contributed by atoms with Crippen molar-refractivity contribution in [3.8, 4) is 0 Å². The minimum Gasteiger partial charge on any atom is -0.481 e. The van der Waals surface area contributed by atoms with Gasteiger partial charge >= 0.3 is 5.97 Å². The molecule has 0 bridgehead atoms. The van der Waals surface area contributed by atoms with Crippen LogP contribution >= 0.6 is 0 Å². The molecule has 1 heterocycles. The minimum absolute atomic E-state index is 0.0505. The smallest absolute Gasteiger partial charge is 0.303 e. The van der Waals surface area contributed by atoms with Gasteiger partial charge in [0.2, 0.25) is 5.82 Å². The molecule has 0 saturated heterocycles. The highest BCUT2D eigenvalue weighted by Gasteiger charge is 2.17. The third-order valence-corrected chi connectivity index (χ3v) is 2.45. The number of carboxylic acids is 1. The van der Waals surface area contributed by atoms with Gasteiger partial charge in [-0.15, -0.1) is 0 Å². The summed E-state index contributed by atoms with van der Waals surface area (Å²) in [5, 5.41) is 17.5. The molecule has 0 radical (unpaired) electrons. The van der Waals surface area contributed by atoms with Crippen LogP contribution in [0.25, 0.3) is 0 Å². The van der Waals surface area contributed by atoms with Crippen LogP contribution in [-0.2, 0) is 4.79 Å². The number of rotatable bonds is 7. The lowest BCUT2D eigenvalue weighted by atomic mass is 9.94. The van der Waals surface area contributed by atoms with Crippen LogP contribution in [0.1, 0.15) is 37.3 Å². The Bertz CT molecular complexity index is 389. The highest BCUT2D eigenvalue weighted by Crippen LogP contribution is 2.14. The fourth-order valence-electron chi connectivity index (χ4n) is 1.79. The average molecular weight is 254 g/mol. The first-order valence-electron chi connectivity index (χ1n) is 5.84. The van der Waals surface area contributed by atoms with Crippen molar-refractivity contribution in [2.75, 3.05) is 6.54 Å². The zero-order valence-corrected chi connectivity index (χ0v) is 10.5. The van der Waals surface area contributed by atoms with Crippen molar-refractivity contribution in [2.24, 2.45) is 11.8 Å². The Balaban J connectivity index is 2.45. The summed E-state index contributed by atoms with van der Waals surface area (Å²) in [6, 6.07) is 0. The van der Waals surface area contributed by atoms with Crippen molar-refractivity contribution in [3.05, 3.63) is 12.2 Å². The fraction of sp³-hybridized carbons (Fsp3) is 0.636. The molecule has 1 aromatic heterocycles. The summed E-state index contributed by atoms with van der Waals surface area (Å²) < 4.78 is 0. The Morgan fingerprint density at radius 2 is 2.22 bits per heavy atom. The molecule has 1 atom stereocenters. The Labute approximate surface area is 105 Å². The number of aromatic amines is 1. The van der Waals surface area contributed by atoms with Crippen LogP contribution in [0.4, 0.5) is 0 Å². The molecular weight excluding hydrogens is 236 g/mol. The molecule has 3 N–H and O–H groups in total. The summed E-state index contributed by atoms with van der Waals surface area (Å²) in [6.07, 6.45) is 2.05. The number of carboxylic acid groups (broad SMARTS) is 1. The summed E-state index contributed by atoms with van der Waals surface area (Å²) in [5.41, 5.74) is 0. The lowest BCUT2D eigenvalue weighted by molar-refractivity contribution is -0.138. The zero-order valence-electron chi connectivity index (χ0n) is 10.5. The van der Waals surface area contributed by atoms with Crippen LogP contribution in [0.15, 0.2) is 6.33 Å². The topological polar surface area (TPSA) is 108 Å². The lowest BCUT2D eigenvalue weighted by Gasteiger charge is -2.17. The number of amides is 1. The van der Waals surface area contributed by atoms with Gasteiger partial charge in [-0.1, -0.05) is 13.8 Å². The number of hydrogen-bond acceptors (Lipinski definition) is 4. The fourth-order valence-corrected chi connectivity index (χ4v) is 1.79. The maximum atomic E-state index is 11.6. The highest BCUT2D eigenvalue weighted by atomic mass is 16.4. The van der Waals surface area contributed by atoms with E-state index in [9.17, 15) is 9.59 Å². The van der Waals surface area contributed by atoms with Crippen molar-refractivity contribution in [1.82, 2.24) is 20.5 Å². The first kappa shape index (κ1) is 14.1. The van der Waals surface area contributed by atoms with E-state index < -0.39 is 5.97 Å². The van der Waals surface area contributed by atoms with Crippen molar-refractivity contribution >= 4 is 11.9 Å². The standard InChI is InChI=1S/C11H18N4O3/c1-7(2)3-8(4-9(16)17)5-12-11(18)10-13-6-14-15-10/h6-8H,3-5H2,1-2H3,(H,12,18)(H,16,17)(H,13,14,15). The van der Waals surface area contributed by atoms with Gasteiger partial charge in [0.15, 0.2) is 0 Å². The Morgan fingerprint density at radius 1 is 1.50 bits per heavy atom. The van der Waals surface area contributed by atoms with Crippen LogP contribution in [0.3, 0.4) is 0 Å². The molecule has 0 aliphatic heterocycles. The van der Waals surface area contributed by atoms with E-state index in [0.717, 1.165) is 6.42 Å². The zero-order chi connectivity index (χ0) is 13.5. The number of carbonyl (C=O) groups is 2. The second-order valence-corrected chi connectivity index (χ2v) is 4.64. The summed E-state index contributed by atoms with van der Waals surface area (Å²) in [5.74, 6) is -0.777. The molecule has 0 fully saturated rings. The number of carbonyl (C=O) groups excluding carboxylic acids is 1. The molecule has 1 amide bonds. The van der Waals surface area contributed by atoms with Gasteiger partial charge in [0.05, 0.1) is 0 Å². The number of nitrogens with one attached hydrogen (secondary N) is 2. The second-order valence-electron chi connectivity index (χ2n) is 4.64. The quantitative estimate of drug-likeness (QED) is 0.662. The lowest BCUT2D eigenvalue weighted by Crippen LogP contribution is -2.31. The van der Waals surface area contributed by atoms with Gasteiger partial charge in [-0.25, -0.2) is 4.98 Å². The maximum Gasteiger partial charge on any atom is 0.303 e. The van der Waals surface area contributed by atoms with Crippen LogP contribution in [0.2, 0.25) is 0 Å². The highest BCUT2D eigenvalue weighted by molar-refractivity contribution is 5.90. The van der Waals surface area contributed by atoms with Crippen LogP contribution in [-0.4, -0.2) is 38.7 Å². The summed E-state index contributed by atoms with van der Waals surface area (Å²) in [7, 11) is 0. The molecule has 7 nitrogen and oxygen atoms in total. The summed E-state index contributed by atoms with van der Waals surface area (Å²) in [6.45, 7) is 4.37. The van der Waals surface area contributed by atoms with Crippen molar-refractivity contribution in [3.63, 3.8) is 0 Å². The second kappa shape index (κ2) is 6.73. The number of nitrogens with zero attached hydrogens (tertiary/aromatic N) is 2. The molecule has 0 spiro atoms. The van der Waals surface area contributed by atoms with Crippen LogP contribution < -0.4 is 5.32 Å². The third kappa shape index (κ3) is 4.94. The number of H-pyrrole nitrogens is 1. The molecule has 1 aromatic rings. The molecule has 0 aliphatic rings. The minimum atomic E-state index is -0.852. The van der Waals surface area contributed by atoms with E-state index in [1.54, 1.807) is 0 Å². The van der Waals surface area contributed by atoms with Gasteiger partial charge in [0.25, 0.3) is 5.91 Å². The normalized spacial score (nSPS) is 12.4. The van der Waals surface area contributed by atoms with Gasteiger partial charge in [-0.3, -0.25) is 14.7 Å². The monoisotopic (exact) mass is 254 g/mol. The van der Waals surface area contributed by atoms with Crippen LogP contribution in [0.5, 0.6) is 0 Å². The Kier molecular flexibility index (Phi) is 5.29. The molecule has 1 unspecified atom stereocenters. The predicted octanol–water partition coefficient (Wildman–Crippen LogP) is 0.671. The number of hydrogen-bond donors (Lipinski definition) is 3. The van der Waals surface area contributed by atoms with Crippen molar-refractivity contribution in [1.29, 1.82) is 0 Å². The van der Waals surface area contributed by atoms with Gasteiger partial charge in [0, 0.05) is 13.0 Å². The molecule has 0 saturated carbocycles. The van der Waals surface area contributed by atoms with Gasteiger partial charge in [-0.2, -0.15) is 5.10 Å². The maximum absolute atomic E-state index is 11.6. The molecule has 100 valence electrons. The van der Waals surface area contributed by atoms with Crippen molar-refractivity contribution < 1.29 is 14.7 Å². The van der Waals surface area contributed by atoms with E-state index in [4.69, 9.17) is 5.11 Å². The molecule has 0 aliphatic carbocycles. The summed E-state index contributed by atoms with van der Waals surface area (Å²) >= 11 is 0. The first-order chi connectivity index (χ1) is 8.49. The number of aromatic nitrogens is 3. The first-order valence-corrected chi connectivity index (χ1v) is 5.84. The average Bonchev–Trinajstić information content (AvgIpc) is 2.77. The Morgan fingerprint density at radius 3 is 2.72 bits per heavy atom. The SMILES string of the molecule is CC(C)CC(CNC(=O)c1ncn[nH]1)CC(=O)O. The van der Waals surface area contributed by atoms with Gasteiger partial charge in [-0.05, 0) is 18.3 Å². The summed E-state index contributed by atoms with van der Waals surface area (Å²) in [4.78, 5) is 26.0. The third-order valence-electron chi connectivity index (χ3n) is 2.45. The predicted molar refractivity (Wildman–Crippen MR) is 63.9 cm³/mol. The van der Waals surface area contributed by atoms with E-state index in [1.165, 1.54) is 6.33 Å². The van der Waals surface area contributed by atoms with Gasteiger partial charge in [0.1, 0.15) is 6.33 Å². The Hall–Kier alpha value is -1.92. The van der Waals surface area contributed by atoms with Crippen LogP contribution in [0, 0.1) is 11.8 Å². The molecule has 7 heteroatoms. The molecular formula is C11H18N4O3. The van der Waals surface area contributed by atoms with Crippen molar-refractivity contribution in [2.45, 2.75) is 26.7 Å². The van der Waals surface area contributed by atoms with E-state index in [-0.39, 0.29) is 24.1 Å². The largest absolute Gasteiger partial charge is 0.481 e. The van der Waals surface area contributed by atoms with E-state index >= 15 is 0 Å². The molecule has 0 aromatic carbocycles. The van der Waals surface area contributed by atoms with E-state index in [1.807, 2.05) is 13.8 Å². The molecule has 18 heavy (non-hydrogen) atoms. The number of aliphatic carboxylic acids is 1. The van der Waals surface area contributed by atoms with E-state index in [0.29, 0.717) is 12.5 Å². The van der Waals surface area contributed by atoms with E-state index in [2.05, 4.69) is 20.5 Å². The molecule has 1 rings (SSSR count).